The maximum Gasteiger partial charge on any atom is 0.228 e. The van der Waals surface area contributed by atoms with Crippen molar-refractivity contribution in [2.24, 2.45) is 0 Å². The van der Waals surface area contributed by atoms with Crippen LogP contribution in [-0.2, 0) is 4.74 Å². The van der Waals surface area contributed by atoms with Gasteiger partial charge in [-0.3, -0.25) is 9.78 Å². The number of nitrogens with zero attached hydrogens (tertiary/aromatic N) is 3. The molecular formula is C22H21N3O3. The Hall–Kier alpha value is -2.99. The highest BCUT2D eigenvalue weighted by Crippen LogP contribution is 2.43. The normalized spacial score (nSPS) is 18.2. The fourth-order valence-electron chi connectivity index (χ4n) is 3.98. The number of hydrogen-bond acceptors (Lipinski definition) is 6. The molecule has 0 radical (unpaired) electrons. The highest BCUT2D eigenvalue weighted by molar-refractivity contribution is 6.14. The van der Waals surface area contributed by atoms with Crippen molar-refractivity contribution in [1.29, 1.82) is 0 Å². The SMILES string of the molecule is Cc1ccc(-c2ncc(-c3ccc4c(c3)N(C3COC3)C(C)(C)C4=O)o2)cn1. The van der Waals surface area contributed by atoms with Gasteiger partial charge in [0, 0.05) is 28.7 Å². The summed E-state index contributed by atoms with van der Waals surface area (Å²) >= 11 is 0. The number of benzene rings is 1. The van der Waals surface area contributed by atoms with Crippen LogP contribution in [0.25, 0.3) is 22.8 Å². The Balaban J connectivity index is 1.53. The zero-order chi connectivity index (χ0) is 19.5. The van der Waals surface area contributed by atoms with E-state index in [1.165, 1.54) is 0 Å². The number of pyridine rings is 1. The molecule has 4 heterocycles. The number of ether oxygens (including phenoxy) is 1. The van der Waals surface area contributed by atoms with Gasteiger partial charge in [-0.1, -0.05) is 6.07 Å². The van der Waals surface area contributed by atoms with E-state index < -0.39 is 5.54 Å². The van der Waals surface area contributed by atoms with E-state index in [2.05, 4.69) is 14.9 Å². The summed E-state index contributed by atoms with van der Waals surface area (Å²) in [6, 6.07) is 9.94. The molecule has 0 saturated carbocycles. The highest BCUT2D eigenvalue weighted by atomic mass is 16.5. The van der Waals surface area contributed by atoms with Crippen molar-refractivity contribution in [2.45, 2.75) is 32.4 Å². The number of Topliss-reactive ketones (excluding diaryl/α,β-unsaturated/α-hetero) is 1. The molecule has 2 aliphatic rings. The van der Waals surface area contributed by atoms with Gasteiger partial charge in [-0.15, -0.1) is 0 Å². The summed E-state index contributed by atoms with van der Waals surface area (Å²) in [5.41, 5.74) is 3.80. The Kier molecular flexibility index (Phi) is 3.67. The minimum absolute atomic E-state index is 0.143. The lowest BCUT2D eigenvalue weighted by molar-refractivity contribution is 0.00242. The zero-order valence-electron chi connectivity index (χ0n) is 16.1. The Morgan fingerprint density at radius 1 is 1.07 bits per heavy atom. The van der Waals surface area contributed by atoms with Gasteiger partial charge in [0.2, 0.25) is 5.89 Å². The van der Waals surface area contributed by atoms with Crippen LogP contribution in [0, 0.1) is 6.92 Å². The van der Waals surface area contributed by atoms with Gasteiger partial charge in [-0.25, -0.2) is 4.98 Å². The molecule has 142 valence electrons. The van der Waals surface area contributed by atoms with Crippen LogP contribution in [0.4, 0.5) is 5.69 Å². The fraction of sp³-hybridized carbons (Fsp3) is 0.318. The number of carbonyl (C=O) groups is 1. The molecule has 0 aliphatic carbocycles. The lowest BCUT2D eigenvalue weighted by atomic mass is 9.96. The molecular weight excluding hydrogens is 354 g/mol. The van der Waals surface area contributed by atoms with Crippen LogP contribution in [0.3, 0.4) is 0 Å². The number of fused-ring (bicyclic) bond motifs is 1. The Bertz CT molecular complexity index is 1060. The Morgan fingerprint density at radius 3 is 2.54 bits per heavy atom. The van der Waals surface area contributed by atoms with Crippen LogP contribution >= 0.6 is 0 Å². The summed E-state index contributed by atoms with van der Waals surface area (Å²) in [7, 11) is 0. The highest BCUT2D eigenvalue weighted by Gasteiger charge is 2.48. The van der Waals surface area contributed by atoms with Gasteiger partial charge >= 0.3 is 0 Å². The first-order valence-corrected chi connectivity index (χ1v) is 9.40. The molecule has 1 aromatic carbocycles. The van der Waals surface area contributed by atoms with E-state index in [0.717, 1.165) is 28.1 Å². The van der Waals surface area contributed by atoms with Crippen molar-refractivity contribution in [3.63, 3.8) is 0 Å². The van der Waals surface area contributed by atoms with Crippen molar-refractivity contribution in [1.82, 2.24) is 9.97 Å². The van der Waals surface area contributed by atoms with E-state index in [1.807, 2.05) is 51.1 Å². The second kappa shape index (κ2) is 6.01. The molecule has 2 aromatic heterocycles. The lowest BCUT2D eigenvalue weighted by Gasteiger charge is -2.43. The standard InChI is InChI=1S/C22H21N3O3/c1-13-4-5-15(9-23-13)21-24-10-19(28-21)14-6-7-17-18(8-14)25(16-11-27-12-16)22(2,3)20(17)26/h4-10,16H,11-12H2,1-3H3. The molecule has 0 N–H and O–H groups in total. The minimum atomic E-state index is -0.574. The Morgan fingerprint density at radius 2 is 1.86 bits per heavy atom. The largest absolute Gasteiger partial charge is 0.436 e. The molecule has 0 spiro atoms. The van der Waals surface area contributed by atoms with Gasteiger partial charge in [0.05, 0.1) is 36.6 Å². The third-order valence-electron chi connectivity index (χ3n) is 5.59. The summed E-state index contributed by atoms with van der Waals surface area (Å²) in [5, 5.41) is 0. The minimum Gasteiger partial charge on any atom is -0.436 e. The summed E-state index contributed by atoms with van der Waals surface area (Å²) in [5.74, 6) is 1.34. The number of anilines is 1. The third-order valence-corrected chi connectivity index (χ3v) is 5.59. The number of carbonyl (C=O) groups excluding carboxylic acids is 1. The molecule has 3 aromatic rings. The van der Waals surface area contributed by atoms with Gasteiger partial charge in [0.25, 0.3) is 0 Å². The number of aryl methyl sites for hydroxylation is 1. The van der Waals surface area contributed by atoms with Crippen molar-refractivity contribution >= 4 is 11.5 Å². The smallest absolute Gasteiger partial charge is 0.228 e. The first-order valence-electron chi connectivity index (χ1n) is 9.40. The number of rotatable bonds is 3. The van der Waals surface area contributed by atoms with E-state index in [1.54, 1.807) is 12.4 Å². The average Bonchev–Trinajstić information content (AvgIpc) is 3.20. The molecule has 0 unspecified atom stereocenters. The van der Waals surface area contributed by atoms with Crippen LogP contribution in [0.2, 0.25) is 0 Å². The molecule has 28 heavy (non-hydrogen) atoms. The number of hydrogen-bond donors (Lipinski definition) is 0. The van der Waals surface area contributed by atoms with E-state index in [0.29, 0.717) is 24.9 Å². The van der Waals surface area contributed by atoms with E-state index >= 15 is 0 Å². The predicted molar refractivity (Wildman–Crippen MR) is 105 cm³/mol. The van der Waals surface area contributed by atoms with Crippen LogP contribution in [0.5, 0.6) is 0 Å². The summed E-state index contributed by atoms with van der Waals surface area (Å²) in [6.07, 6.45) is 3.47. The molecule has 6 heteroatoms. The topological polar surface area (TPSA) is 68.5 Å². The molecule has 1 saturated heterocycles. The number of ketones is 1. The van der Waals surface area contributed by atoms with Gasteiger partial charge in [-0.05, 0) is 45.0 Å². The summed E-state index contributed by atoms with van der Waals surface area (Å²) < 4.78 is 11.4. The fourth-order valence-corrected chi connectivity index (χ4v) is 3.98. The molecule has 0 amide bonds. The molecule has 5 rings (SSSR count). The number of oxazole rings is 1. The molecule has 1 fully saturated rings. The predicted octanol–water partition coefficient (Wildman–Crippen LogP) is 3.89. The van der Waals surface area contributed by atoms with Gasteiger partial charge < -0.3 is 14.1 Å². The third kappa shape index (κ3) is 2.48. The first-order chi connectivity index (χ1) is 13.4. The van der Waals surface area contributed by atoms with E-state index in [4.69, 9.17) is 9.15 Å². The summed E-state index contributed by atoms with van der Waals surface area (Å²) in [6.45, 7) is 7.19. The lowest BCUT2D eigenvalue weighted by Crippen LogP contribution is -2.58. The van der Waals surface area contributed by atoms with Crippen molar-refractivity contribution < 1.29 is 13.9 Å². The molecule has 2 aliphatic heterocycles. The maximum atomic E-state index is 12.9. The van der Waals surface area contributed by atoms with Crippen LogP contribution in [-0.4, -0.2) is 40.5 Å². The quantitative estimate of drug-likeness (QED) is 0.692. The molecule has 0 bridgehead atoms. The van der Waals surface area contributed by atoms with Crippen LogP contribution in [0.15, 0.2) is 47.1 Å². The second-order valence-corrected chi connectivity index (χ2v) is 7.90. The molecule has 0 atom stereocenters. The monoisotopic (exact) mass is 375 g/mol. The van der Waals surface area contributed by atoms with Crippen LogP contribution in [0.1, 0.15) is 29.9 Å². The van der Waals surface area contributed by atoms with Gasteiger partial charge in [-0.2, -0.15) is 0 Å². The second-order valence-electron chi connectivity index (χ2n) is 7.90. The first kappa shape index (κ1) is 17.1. The average molecular weight is 375 g/mol. The summed E-state index contributed by atoms with van der Waals surface area (Å²) in [4.78, 5) is 23.8. The Labute approximate surface area is 163 Å². The van der Waals surface area contributed by atoms with Crippen molar-refractivity contribution in [2.75, 3.05) is 18.1 Å². The maximum absolute atomic E-state index is 12.9. The van der Waals surface area contributed by atoms with Crippen molar-refractivity contribution in [3.8, 4) is 22.8 Å². The van der Waals surface area contributed by atoms with Crippen LogP contribution < -0.4 is 4.90 Å². The van der Waals surface area contributed by atoms with Crippen molar-refractivity contribution in [3.05, 3.63) is 54.0 Å². The molecule has 6 nitrogen and oxygen atoms in total. The van der Waals surface area contributed by atoms with E-state index in [9.17, 15) is 4.79 Å². The van der Waals surface area contributed by atoms with E-state index in [-0.39, 0.29) is 11.8 Å². The number of aromatic nitrogens is 2. The van der Waals surface area contributed by atoms with Gasteiger partial charge in [0.1, 0.15) is 0 Å². The van der Waals surface area contributed by atoms with Gasteiger partial charge in [0.15, 0.2) is 11.5 Å². The zero-order valence-corrected chi connectivity index (χ0v) is 16.1.